The molecule has 1 aromatic rings. The molecule has 0 bridgehead atoms. The van der Waals surface area contributed by atoms with Crippen molar-refractivity contribution >= 4 is 6.03 Å². The number of hydrogen-bond acceptors (Lipinski definition) is 2. The van der Waals surface area contributed by atoms with Gasteiger partial charge in [0.1, 0.15) is 0 Å². The van der Waals surface area contributed by atoms with Crippen molar-refractivity contribution in [1.29, 1.82) is 0 Å². The average molecular weight is 302 g/mol. The molecule has 4 nitrogen and oxygen atoms in total. The first-order chi connectivity index (χ1) is 10.7. The molecular weight excluding hydrogens is 276 g/mol. The molecule has 0 aromatic heterocycles. The molecule has 0 saturated heterocycles. The van der Waals surface area contributed by atoms with Gasteiger partial charge in [0, 0.05) is 12.0 Å². The SMILES string of the molecule is CCC(CO)NC(=O)NCC1CC12CCCc1ccccc12. The third-order valence-electron chi connectivity index (χ3n) is 5.41. The van der Waals surface area contributed by atoms with Crippen LogP contribution in [0.5, 0.6) is 0 Å². The van der Waals surface area contributed by atoms with Crippen molar-refractivity contribution in [3.8, 4) is 0 Å². The molecule has 1 fully saturated rings. The number of aliphatic hydroxyl groups is 1. The summed E-state index contributed by atoms with van der Waals surface area (Å²) in [5, 5.41) is 14.9. The Morgan fingerprint density at radius 1 is 1.45 bits per heavy atom. The highest BCUT2D eigenvalue weighted by Crippen LogP contribution is 2.59. The summed E-state index contributed by atoms with van der Waals surface area (Å²) in [4.78, 5) is 11.9. The topological polar surface area (TPSA) is 61.4 Å². The van der Waals surface area contributed by atoms with E-state index in [1.807, 2.05) is 6.92 Å². The van der Waals surface area contributed by atoms with Crippen LogP contribution in [0.2, 0.25) is 0 Å². The maximum Gasteiger partial charge on any atom is 0.315 e. The molecular formula is C18H26N2O2. The molecule has 2 amide bonds. The Bertz CT molecular complexity index is 542. The van der Waals surface area contributed by atoms with Gasteiger partial charge >= 0.3 is 6.03 Å². The highest BCUT2D eigenvalue weighted by Gasteiger charge is 2.56. The van der Waals surface area contributed by atoms with Gasteiger partial charge in [0.25, 0.3) is 0 Å². The van der Waals surface area contributed by atoms with Gasteiger partial charge in [0.2, 0.25) is 0 Å². The molecule has 1 aromatic carbocycles. The second-order valence-corrected chi connectivity index (χ2v) is 6.71. The molecule has 22 heavy (non-hydrogen) atoms. The highest BCUT2D eigenvalue weighted by atomic mass is 16.3. The van der Waals surface area contributed by atoms with Crippen molar-refractivity contribution < 1.29 is 9.90 Å². The van der Waals surface area contributed by atoms with Gasteiger partial charge in [0.15, 0.2) is 0 Å². The number of aliphatic hydroxyl groups excluding tert-OH is 1. The largest absolute Gasteiger partial charge is 0.394 e. The normalized spacial score (nSPS) is 27.1. The fraction of sp³-hybridized carbons (Fsp3) is 0.611. The molecule has 0 radical (unpaired) electrons. The van der Waals surface area contributed by atoms with Crippen LogP contribution >= 0.6 is 0 Å². The second-order valence-electron chi connectivity index (χ2n) is 6.71. The summed E-state index contributed by atoms with van der Waals surface area (Å²) in [6, 6.07) is 8.47. The van der Waals surface area contributed by atoms with E-state index in [-0.39, 0.29) is 18.7 Å². The zero-order valence-electron chi connectivity index (χ0n) is 13.3. The number of carbonyl (C=O) groups excluding carboxylic acids is 1. The molecule has 3 N–H and O–H groups in total. The maximum atomic E-state index is 11.9. The summed E-state index contributed by atoms with van der Waals surface area (Å²) in [7, 11) is 0. The molecule has 3 unspecified atom stereocenters. The van der Waals surface area contributed by atoms with Crippen LogP contribution < -0.4 is 10.6 Å². The van der Waals surface area contributed by atoms with Crippen LogP contribution in [0.3, 0.4) is 0 Å². The number of rotatable bonds is 5. The predicted octanol–water partition coefficient (Wildman–Crippen LogP) is 2.35. The van der Waals surface area contributed by atoms with E-state index in [1.165, 1.54) is 36.8 Å². The lowest BCUT2D eigenvalue weighted by Gasteiger charge is -2.27. The van der Waals surface area contributed by atoms with Gasteiger partial charge in [-0.25, -0.2) is 4.79 Å². The summed E-state index contributed by atoms with van der Waals surface area (Å²) in [5.74, 6) is 0.550. The molecule has 0 heterocycles. The molecule has 3 atom stereocenters. The van der Waals surface area contributed by atoms with Gasteiger partial charge in [-0.1, -0.05) is 31.2 Å². The molecule has 2 aliphatic carbocycles. The Morgan fingerprint density at radius 2 is 2.27 bits per heavy atom. The first kappa shape index (κ1) is 15.3. The smallest absolute Gasteiger partial charge is 0.315 e. The van der Waals surface area contributed by atoms with Crippen LogP contribution in [0, 0.1) is 5.92 Å². The fourth-order valence-electron chi connectivity index (χ4n) is 3.97. The van der Waals surface area contributed by atoms with Gasteiger partial charge < -0.3 is 15.7 Å². The first-order valence-electron chi connectivity index (χ1n) is 8.43. The highest BCUT2D eigenvalue weighted by molar-refractivity contribution is 5.74. The minimum absolute atomic E-state index is 0.00926. The Labute approximate surface area is 132 Å². The summed E-state index contributed by atoms with van der Waals surface area (Å²) in [6.07, 6.45) is 5.60. The van der Waals surface area contributed by atoms with Crippen LogP contribution in [0.25, 0.3) is 0 Å². The standard InChI is InChI=1S/C18H26N2O2/c1-2-15(12-21)20-17(22)19-11-14-10-18(14)9-5-7-13-6-3-4-8-16(13)18/h3-4,6,8,14-15,21H,2,5,7,9-12H2,1H3,(H2,19,20,22). The predicted molar refractivity (Wildman–Crippen MR) is 86.9 cm³/mol. The van der Waals surface area contributed by atoms with Gasteiger partial charge in [-0.15, -0.1) is 0 Å². The van der Waals surface area contributed by atoms with Crippen LogP contribution in [0.4, 0.5) is 4.79 Å². The molecule has 3 rings (SSSR count). The third kappa shape index (κ3) is 2.84. The number of benzene rings is 1. The van der Waals surface area contributed by atoms with Crippen molar-refractivity contribution in [2.45, 2.75) is 50.5 Å². The second kappa shape index (κ2) is 6.29. The quantitative estimate of drug-likeness (QED) is 0.782. The third-order valence-corrected chi connectivity index (χ3v) is 5.41. The molecule has 1 spiro atoms. The number of carbonyl (C=O) groups is 1. The molecule has 1 saturated carbocycles. The lowest BCUT2D eigenvalue weighted by atomic mass is 9.78. The van der Waals surface area contributed by atoms with E-state index in [1.54, 1.807) is 0 Å². The van der Waals surface area contributed by atoms with Crippen LogP contribution in [0.15, 0.2) is 24.3 Å². The van der Waals surface area contributed by atoms with Gasteiger partial charge in [-0.05, 0) is 49.1 Å². The molecule has 120 valence electrons. The molecule has 4 heteroatoms. The van der Waals surface area contributed by atoms with Crippen molar-refractivity contribution in [3.63, 3.8) is 0 Å². The number of fused-ring (bicyclic) bond motifs is 2. The average Bonchev–Trinajstić information content (AvgIpc) is 3.24. The van der Waals surface area contributed by atoms with E-state index in [0.29, 0.717) is 11.3 Å². The van der Waals surface area contributed by atoms with Gasteiger partial charge in [-0.3, -0.25) is 0 Å². The van der Waals surface area contributed by atoms with E-state index in [2.05, 4.69) is 34.9 Å². The zero-order valence-corrected chi connectivity index (χ0v) is 13.3. The van der Waals surface area contributed by atoms with Crippen molar-refractivity contribution in [3.05, 3.63) is 35.4 Å². The van der Waals surface area contributed by atoms with E-state index >= 15 is 0 Å². The van der Waals surface area contributed by atoms with Crippen molar-refractivity contribution in [1.82, 2.24) is 10.6 Å². The Balaban J connectivity index is 1.56. The van der Waals surface area contributed by atoms with E-state index in [4.69, 9.17) is 5.11 Å². The minimum Gasteiger partial charge on any atom is -0.394 e. The minimum atomic E-state index is -0.160. The van der Waals surface area contributed by atoms with Crippen molar-refractivity contribution in [2.75, 3.05) is 13.2 Å². The number of nitrogens with one attached hydrogen (secondary N) is 2. The number of amides is 2. The maximum absolute atomic E-state index is 11.9. The number of hydrogen-bond donors (Lipinski definition) is 3. The van der Waals surface area contributed by atoms with E-state index in [9.17, 15) is 4.79 Å². The van der Waals surface area contributed by atoms with Crippen molar-refractivity contribution in [2.24, 2.45) is 5.92 Å². The van der Waals surface area contributed by atoms with Crippen LogP contribution in [-0.4, -0.2) is 30.3 Å². The first-order valence-corrected chi connectivity index (χ1v) is 8.43. The molecule has 2 aliphatic rings. The zero-order chi connectivity index (χ0) is 15.6. The summed E-state index contributed by atoms with van der Waals surface area (Å²) in [6.45, 7) is 2.67. The van der Waals surface area contributed by atoms with E-state index < -0.39 is 0 Å². The summed E-state index contributed by atoms with van der Waals surface area (Å²) in [5.41, 5.74) is 3.31. The van der Waals surface area contributed by atoms with Gasteiger partial charge in [0.05, 0.1) is 12.6 Å². The molecule has 0 aliphatic heterocycles. The lowest BCUT2D eigenvalue weighted by Crippen LogP contribution is -2.44. The van der Waals surface area contributed by atoms with E-state index in [0.717, 1.165) is 13.0 Å². The summed E-state index contributed by atoms with van der Waals surface area (Å²) >= 11 is 0. The Morgan fingerprint density at radius 3 is 3.05 bits per heavy atom. The number of urea groups is 1. The van der Waals surface area contributed by atoms with Gasteiger partial charge in [-0.2, -0.15) is 0 Å². The Kier molecular flexibility index (Phi) is 4.39. The Hall–Kier alpha value is -1.55. The van der Waals surface area contributed by atoms with Crippen LogP contribution in [0.1, 0.15) is 43.7 Å². The fourth-order valence-corrected chi connectivity index (χ4v) is 3.97. The lowest BCUT2D eigenvalue weighted by molar-refractivity contribution is 0.214. The monoisotopic (exact) mass is 302 g/mol. The number of aryl methyl sites for hydroxylation is 1. The van der Waals surface area contributed by atoms with Crippen LogP contribution in [-0.2, 0) is 11.8 Å². The summed E-state index contributed by atoms with van der Waals surface area (Å²) < 4.78 is 0.